The number of aliphatic hydroxyl groups is 2. The molecule has 0 unspecified atom stereocenters. The van der Waals surface area contributed by atoms with E-state index in [9.17, 15) is 36.2 Å². The van der Waals surface area contributed by atoms with Crippen LogP contribution in [0.5, 0.6) is 23.5 Å². The summed E-state index contributed by atoms with van der Waals surface area (Å²) in [6.45, 7) is -0.487. The van der Waals surface area contributed by atoms with E-state index < -0.39 is 30.0 Å². The van der Waals surface area contributed by atoms with Crippen molar-refractivity contribution in [3.05, 3.63) is 131 Å². The molecule has 0 aliphatic heterocycles. The quantitative estimate of drug-likeness (QED) is 0.0439. The zero-order chi connectivity index (χ0) is 41.1. The zero-order valence-electron chi connectivity index (χ0n) is 32.0. The Morgan fingerprint density at radius 2 is 0.950 bits per heavy atom. The number of para-hydroxylation sites is 2. The van der Waals surface area contributed by atoms with Crippen LogP contribution in [-0.2, 0) is 20.2 Å². The average molecular weight is 877 g/mol. The molecule has 0 spiro atoms. The first-order chi connectivity index (χ1) is 27.9. The monoisotopic (exact) mass is 876 g/mol. The van der Waals surface area contributed by atoms with Gasteiger partial charge in [-0.2, -0.15) is 26.8 Å². The van der Waals surface area contributed by atoms with E-state index in [2.05, 4.69) is 49.9 Å². The second kappa shape index (κ2) is 22.1. The van der Waals surface area contributed by atoms with Crippen molar-refractivity contribution >= 4 is 103 Å². The van der Waals surface area contributed by atoms with Crippen LogP contribution in [0.2, 0.25) is 0 Å². The summed E-state index contributed by atoms with van der Waals surface area (Å²) in [5.41, 5.74) is 0.0816. The van der Waals surface area contributed by atoms with Crippen molar-refractivity contribution in [3.8, 4) is 23.5 Å². The Balaban J connectivity index is 0.00000397. The molecule has 0 amide bonds. The molecule has 2 heterocycles. The van der Waals surface area contributed by atoms with Crippen molar-refractivity contribution in [2.75, 3.05) is 26.3 Å². The van der Waals surface area contributed by atoms with E-state index in [1.165, 1.54) is 36.4 Å². The van der Waals surface area contributed by atoms with Crippen molar-refractivity contribution in [2.24, 2.45) is 20.0 Å². The minimum Gasteiger partial charge on any atom is -0.426 e. The first kappa shape index (κ1) is 47.9. The van der Waals surface area contributed by atoms with Gasteiger partial charge in [-0.3, -0.25) is 29.0 Å². The molecule has 4 aromatic carbocycles. The van der Waals surface area contributed by atoms with Crippen LogP contribution in [0.4, 0.5) is 11.4 Å². The summed E-state index contributed by atoms with van der Waals surface area (Å²) in [6, 6.07) is 24.9. The molecule has 24 heteroatoms. The number of H-pyrrole nitrogens is 4. The van der Waals surface area contributed by atoms with Crippen LogP contribution in [0.3, 0.4) is 0 Å². The van der Waals surface area contributed by atoms with E-state index >= 15 is 0 Å². The predicted molar refractivity (Wildman–Crippen MR) is 217 cm³/mol. The molecule has 2 aromatic heterocycles. The number of nitrogens with one attached hydrogen (secondary N) is 4. The minimum absolute atomic E-state index is 0. The number of aromatic amines is 4. The smallest absolute Gasteiger partial charge is 0.305 e. The van der Waals surface area contributed by atoms with Crippen LogP contribution in [0.25, 0.3) is 12.2 Å². The maximum atomic E-state index is 12.6. The average Bonchev–Trinajstić information content (AvgIpc) is 3.19. The Kier molecular flexibility index (Phi) is 17.7. The van der Waals surface area contributed by atoms with Crippen LogP contribution in [0.1, 0.15) is 11.1 Å². The molecule has 0 saturated heterocycles. The molecule has 0 bridgehead atoms. The molecule has 0 aliphatic rings. The Bertz CT molecular complexity index is 2760. The van der Waals surface area contributed by atoms with Crippen LogP contribution < -0.4 is 31.9 Å². The molecular weight excluding hydrogens is 843 g/mol. The fourth-order valence-electron chi connectivity index (χ4n) is 5.00. The Morgan fingerprint density at radius 3 is 1.30 bits per heavy atom. The number of rotatable bonds is 14. The largest absolute Gasteiger partial charge is 0.426 e. The van der Waals surface area contributed by atoms with E-state index in [0.717, 1.165) is 12.1 Å². The van der Waals surface area contributed by atoms with Gasteiger partial charge in [-0.1, -0.05) is 60.7 Å². The van der Waals surface area contributed by atoms with Crippen molar-refractivity contribution in [1.29, 1.82) is 0 Å². The molecule has 20 nitrogen and oxygen atoms in total. The summed E-state index contributed by atoms with van der Waals surface area (Å²) in [7, 11) is -9.75. The van der Waals surface area contributed by atoms with Crippen molar-refractivity contribution < 1.29 is 45.6 Å². The third-order valence-electron chi connectivity index (χ3n) is 7.44. The molecule has 60 heavy (non-hydrogen) atoms. The van der Waals surface area contributed by atoms with Gasteiger partial charge in [-0.05, 0) is 59.7 Å². The van der Waals surface area contributed by atoms with Gasteiger partial charge in [-0.25, -0.2) is 20.0 Å². The number of nitrogens with zero attached hydrogens (tertiary/aromatic N) is 6. The van der Waals surface area contributed by atoms with E-state index in [1.807, 2.05) is 0 Å². The topological polar surface area (TPSA) is 306 Å². The third kappa shape index (κ3) is 13.9. The molecule has 0 atom stereocenters. The standard InChI is InChI=1S/C36H34N10O10S2.2Na/c47-19-17-37-31-41-33(45-35(43-31)55-27-7-3-1-4-8-27)39-25-15-13-23(29(21-25)57(49,50)51)11-12-24-14-16-26(22-30(24)58(52,53)54)40-34-42-32(38-18-20-48)44-36(46-34)56-28-9-5-2-6-10-28;;/h1-16,21-22,47-48H,17-20H2,(H,49,50,51)(H,52,53,54)(H2,37,39,41,43,45)(H2,38,40,42,44,46);;. The summed E-state index contributed by atoms with van der Waals surface area (Å²) >= 11 is 0. The first-order valence-electron chi connectivity index (χ1n) is 17.0. The third-order valence-corrected chi connectivity index (χ3v) is 9.26. The van der Waals surface area contributed by atoms with E-state index in [-0.39, 0.29) is 142 Å². The molecule has 0 saturated carbocycles. The van der Waals surface area contributed by atoms with Gasteiger partial charge in [0, 0.05) is 59.1 Å². The fraction of sp³-hybridized carbons (Fsp3) is 0.111. The van der Waals surface area contributed by atoms with Gasteiger partial charge in [0.1, 0.15) is 21.3 Å². The Hall–Kier alpha value is -4.82. The first-order valence-corrected chi connectivity index (χ1v) is 19.8. The van der Waals surface area contributed by atoms with Crippen molar-refractivity contribution in [3.63, 3.8) is 0 Å². The maximum Gasteiger partial charge on any atom is 0.305 e. The summed E-state index contributed by atoms with van der Waals surface area (Å²) in [5, 5.41) is 18.5. The number of ether oxygens (including phenoxy) is 2. The van der Waals surface area contributed by atoms with Crippen LogP contribution in [0, 0.1) is 0 Å². The number of aromatic nitrogens is 6. The minimum atomic E-state index is -4.88. The molecular formula is C36H34N10Na2O10S2. The Morgan fingerprint density at radius 1 is 0.567 bits per heavy atom. The zero-order valence-corrected chi connectivity index (χ0v) is 37.6. The molecule has 6 rings (SSSR count). The summed E-state index contributed by atoms with van der Waals surface area (Å²) < 4.78 is 82.1. The van der Waals surface area contributed by atoms with Gasteiger partial charge in [0.15, 0.2) is 0 Å². The van der Waals surface area contributed by atoms with E-state index in [4.69, 9.17) is 9.47 Å². The molecule has 0 fully saturated rings. The van der Waals surface area contributed by atoms with Crippen LogP contribution in [0.15, 0.2) is 127 Å². The van der Waals surface area contributed by atoms with Gasteiger partial charge in [-0.15, -0.1) is 0 Å². The summed E-state index contributed by atoms with van der Waals surface area (Å²) in [5.74, 6) is 0.883. The molecule has 0 aliphatic carbocycles. The van der Waals surface area contributed by atoms with Gasteiger partial charge in [0.25, 0.3) is 20.2 Å². The van der Waals surface area contributed by atoms with Crippen molar-refractivity contribution in [2.45, 2.75) is 9.79 Å². The van der Waals surface area contributed by atoms with Gasteiger partial charge in [0.2, 0.25) is 22.5 Å². The summed E-state index contributed by atoms with van der Waals surface area (Å²) in [4.78, 5) is 35.5. The number of hydrogen-bond acceptors (Lipinski definition) is 14. The number of benzene rings is 4. The summed E-state index contributed by atoms with van der Waals surface area (Å²) in [6.07, 6.45) is 2.45. The normalized spacial score (nSPS) is 12.9. The fourth-order valence-corrected chi connectivity index (χ4v) is 6.40. The van der Waals surface area contributed by atoms with Gasteiger partial charge >= 0.3 is 12.0 Å². The second-order valence-electron chi connectivity index (χ2n) is 11.7. The SMILES string of the molecule is O=S(=O)(O)c1cc(N=c2[nH]c(Oc3ccccc3)nc(=NCCO)[nH]2)ccc1C=Cc1ccc(N=c2[nH]c(Oc3ccccc3)nc(=NCCO)[nH]2)cc1S(=O)(=O)O.[Na].[Na]. The van der Waals surface area contributed by atoms with E-state index in [0.29, 0.717) is 11.5 Å². The van der Waals surface area contributed by atoms with Crippen LogP contribution >= 0.6 is 0 Å². The second-order valence-corrected chi connectivity index (χ2v) is 14.5. The van der Waals surface area contributed by atoms with E-state index in [1.54, 1.807) is 60.7 Å². The molecule has 6 aromatic rings. The molecule has 2 radical (unpaired) electrons. The molecule has 302 valence electrons. The van der Waals surface area contributed by atoms with Crippen molar-refractivity contribution in [1.82, 2.24) is 29.9 Å². The maximum absolute atomic E-state index is 12.6. The van der Waals surface area contributed by atoms with Gasteiger partial charge in [0.05, 0.1) is 37.7 Å². The van der Waals surface area contributed by atoms with Gasteiger partial charge < -0.3 is 19.7 Å². The number of aliphatic hydroxyl groups excluding tert-OH is 2. The number of hydrogen-bond donors (Lipinski definition) is 8. The Labute approximate surface area is 385 Å². The van der Waals surface area contributed by atoms with Crippen LogP contribution in [-0.4, -0.2) is 151 Å². The predicted octanol–water partition coefficient (Wildman–Crippen LogP) is 1.53. The molecule has 8 N–H and O–H groups in total.